The normalized spacial score (nSPS) is 12.0. The van der Waals surface area contributed by atoms with Gasteiger partial charge in [0, 0.05) is 30.7 Å². The van der Waals surface area contributed by atoms with E-state index in [0.717, 1.165) is 21.4 Å². The lowest BCUT2D eigenvalue weighted by molar-refractivity contribution is -0.119. The molecule has 0 bridgehead atoms. The van der Waals surface area contributed by atoms with Crippen molar-refractivity contribution in [2.45, 2.75) is 51.5 Å². The first-order valence-electron chi connectivity index (χ1n) is 8.93. The van der Waals surface area contributed by atoms with Crippen LogP contribution in [-0.2, 0) is 25.3 Å². The van der Waals surface area contributed by atoms with Crippen molar-refractivity contribution in [1.82, 2.24) is 19.4 Å². The fraction of sp³-hybridized carbons (Fsp3) is 0.579. The number of thioether (sulfide) groups is 1. The molecule has 0 atom stereocenters. The van der Waals surface area contributed by atoms with Crippen LogP contribution in [0.3, 0.4) is 0 Å². The van der Waals surface area contributed by atoms with Gasteiger partial charge >= 0.3 is 5.69 Å². The summed E-state index contributed by atoms with van der Waals surface area (Å²) in [6, 6.07) is 0. The Hall–Kier alpha value is -2.09. The molecular formula is C19H28N4O3S. The number of carbonyl (C=O) groups excluding carboxylic acids is 1. The zero-order valence-corrected chi connectivity index (χ0v) is 17.9. The summed E-state index contributed by atoms with van der Waals surface area (Å²) in [6.45, 7) is 9.95. The smallest absolute Gasteiger partial charge is 0.332 e. The Morgan fingerprint density at radius 3 is 2.41 bits per heavy atom. The summed E-state index contributed by atoms with van der Waals surface area (Å²) in [7, 11) is 3.06. The van der Waals surface area contributed by atoms with Crippen LogP contribution in [0.1, 0.15) is 40.2 Å². The van der Waals surface area contributed by atoms with Gasteiger partial charge in [-0.05, 0) is 38.7 Å². The van der Waals surface area contributed by atoms with Gasteiger partial charge in [0.2, 0.25) is 5.91 Å². The predicted molar refractivity (Wildman–Crippen MR) is 109 cm³/mol. The van der Waals surface area contributed by atoms with E-state index in [1.165, 1.54) is 23.4 Å². The van der Waals surface area contributed by atoms with Gasteiger partial charge in [-0.1, -0.05) is 13.8 Å². The molecule has 27 heavy (non-hydrogen) atoms. The molecule has 8 heteroatoms. The summed E-state index contributed by atoms with van der Waals surface area (Å²) in [5, 5.41) is 3.32. The molecule has 0 aliphatic carbocycles. The largest absolute Gasteiger partial charge is 0.351 e. The standard InChI is InChI=1S/C19H28N4O3S/c1-11(2)8-12-9-20-16-14(17(25)23(7)18(26)22(16)6)15(12)27-10-13(24)21-19(3,4)5/h9,11H,8,10H2,1-7H3,(H,21,24). The summed E-state index contributed by atoms with van der Waals surface area (Å²) in [4.78, 5) is 42.4. The molecule has 0 aliphatic rings. The number of carbonyl (C=O) groups is 1. The summed E-state index contributed by atoms with van der Waals surface area (Å²) >= 11 is 1.32. The molecular weight excluding hydrogens is 364 g/mol. The van der Waals surface area contributed by atoms with Gasteiger partial charge in [0.25, 0.3) is 5.56 Å². The minimum absolute atomic E-state index is 0.102. The molecule has 0 radical (unpaired) electrons. The van der Waals surface area contributed by atoms with Gasteiger partial charge in [-0.3, -0.25) is 18.7 Å². The van der Waals surface area contributed by atoms with Crippen LogP contribution < -0.4 is 16.6 Å². The zero-order valence-electron chi connectivity index (χ0n) is 17.0. The van der Waals surface area contributed by atoms with E-state index in [1.54, 1.807) is 13.2 Å². The van der Waals surface area contributed by atoms with E-state index < -0.39 is 5.69 Å². The van der Waals surface area contributed by atoms with Gasteiger partial charge in [-0.2, -0.15) is 0 Å². The third-order valence-corrected chi connectivity index (χ3v) is 5.15. The minimum atomic E-state index is -0.418. The van der Waals surface area contributed by atoms with Crippen molar-refractivity contribution < 1.29 is 4.79 Å². The Morgan fingerprint density at radius 1 is 1.22 bits per heavy atom. The topological polar surface area (TPSA) is 86.0 Å². The van der Waals surface area contributed by atoms with Crippen LogP contribution in [0.25, 0.3) is 11.0 Å². The monoisotopic (exact) mass is 392 g/mol. The van der Waals surface area contributed by atoms with Crippen molar-refractivity contribution >= 4 is 28.7 Å². The first kappa shape index (κ1) is 21.2. The Kier molecular flexibility index (Phi) is 6.19. The molecule has 1 N–H and O–H groups in total. The molecule has 2 aromatic rings. The average Bonchev–Trinajstić information content (AvgIpc) is 2.54. The second-order valence-electron chi connectivity index (χ2n) is 8.20. The van der Waals surface area contributed by atoms with Crippen molar-refractivity contribution in [3.63, 3.8) is 0 Å². The van der Waals surface area contributed by atoms with E-state index in [2.05, 4.69) is 24.1 Å². The van der Waals surface area contributed by atoms with Crippen LogP contribution in [0.5, 0.6) is 0 Å². The lowest BCUT2D eigenvalue weighted by atomic mass is 10.0. The van der Waals surface area contributed by atoms with Crippen LogP contribution in [-0.4, -0.2) is 31.3 Å². The molecule has 0 saturated carbocycles. The van der Waals surface area contributed by atoms with Crippen LogP contribution >= 0.6 is 11.8 Å². The van der Waals surface area contributed by atoms with E-state index in [-0.39, 0.29) is 22.8 Å². The Morgan fingerprint density at radius 2 is 1.85 bits per heavy atom. The van der Waals surface area contributed by atoms with Crippen molar-refractivity contribution in [2.75, 3.05) is 5.75 Å². The number of nitrogens with one attached hydrogen (secondary N) is 1. The maximum Gasteiger partial charge on any atom is 0.332 e. The second-order valence-corrected chi connectivity index (χ2v) is 9.19. The molecule has 0 unspecified atom stereocenters. The molecule has 7 nitrogen and oxygen atoms in total. The van der Waals surface area contributed by atoms with Gasteiger partial charge in [0.05, 0.1) is 11.1 Å². The van der Waals surface area contributed by atoms with Crippen LogP contribution in [0.4, 0.5) is 0 Å². The van der Waals surface area contributed by atoms with E-state index in [9.17, 15) is 14.4 Å². The summed E-state index contributed by atoms with van der Waals surface area (Å²) < 4.78 is 2.46. The third-order valence-electron chi connectivity index (χ3n) is 3.99. The lowest BCUT2D eigenvalue weighted by Gasteiger charge is -2.21. The number of hydrogen-bond donors (Lipinski definition) is 1. The highest BCUT2D eigenvalue weighted by atomic mass is 32.2. The first-order chi connectivity index (χ1) is 12.4. The van der Waals surface area contributed by atoms with Crippen LogP contribution in [0, 0.1) is 5.92 Å². The van der Waals surface area contributed by atoms with Crippen LogP contribution in [0.15, 0.2) is 20.7 Å². The predicted octanol–water partition coefficient (Wildman–Crippen LogP) is 1.84. The van der Waals surface area contributed by atoms with Gasteiger partial charge in [-0.15, -0.1) is 11.8 Å². The third kappa shape index (κ3) is 4.80. The van der Waals surface area contributed by atoms with Gasteiger partial charge in [0.15, 0.2) is 0 Å². The highest BCUT2D eigenvalue weighted by Crippen LogP contribution is 2.29. The number of aryl methyl sites for hydroxylation is 1. The fourth-order valence-corrected chi connectivity index (χ4v) is 3.88. The van der Waals surface area contributed by atoms with Gasteiger partial charge in [0.1, 0.15) is 5.65 Å². The number of fused-ring (bicyclic) bond motifs is 1. The Balaban J connectivity index is 2.60. The molecule has 1 amide bonds. The highest BCUT2D eigenvalue weighted by molar-refractivity contribution is 8.00. The molecule has 2 aromatic heterocycles. The van der Waals surface area contributed by atoms with Crippen molar-refractivity contribution in [1.29, 1.82) is 0 Å². The Bertz CT molecular complexity index is 984. The molecule has 0 aromatic carbocycles. The molecule has 148 valence electrons. The molecule has 0 fully saturated rings. The zero-order chi connectivity index (χ0) is 20.5. The Labute approximate surface area is 163 Å². The van der Waals surface area contributed by atoms with Crippen molar-refractivity contribution in [3.8, 4) is 0 Å². The number of nitrogens with zero attached hydrogens (tertiary/aromatic N) is 3. The average molecular weight is 393 g/mol. The number of amides is 1. The maximum absolute atomic E-state index is 12.8. The lowest BCUT2D eigenvalue weighted by Crippen LogP contribution is -2.41. The van der Waals surface area contributed by atoms with Gasteiger partial charge < -0.3 is 5.32 Å². The molecule has 0 aliphatic heterocycles. The van der Waals surface area contributed by atoms with E-state index in [4.69, 9.17) is 0 Å². The fourth-order valence-electron chi connectivity index (χ4n) is 2.88. The number of aromatic nitrogens is 3. The number of pyridine rings is 1. The summed E-state index contributed by atoms with van der Waals surface area (Å²) in [5.41, 5.74) is 0.137. The van der Waals surface area contributed by atoms with E-state index in [1.807, 2.05) is 20.8 Å². The minimum Gasteiger partial charge on any atom is -0.351 e. The van der Waals surface area contributed by atoms with Crippen molar-refractivity contribution in [2.24, 2.45) is 20.0 Å². The maximum atomic E-state index is 12.8. The van der Waals surface area contributed by atoms with Crippen LogP contribution in [0.2, 0.25) is 0 Å². The molecule has 0 spiro atoms. The first-order valence-corrected chi connectivity index (χ1v) is 9.92. The second kappa shape index (κ2) is 7.88. The quantitative estimate of drug-likeness (QED) is 0.785. The SMILES string of the molecule is CC(C)Cc1cnc2c(c1SCC(=O)NC(C)(C)C)c(=O)n(C)c(=O)n2C. The molecule has 2 heterocycles. The summed E-state index contributed by atoms with van der Waals surface area (Å²) in [5.74, 6) is 0.450. The number of hydrogen-bond acceptors (Lipinski definition) is 5. The summed E-state index contributed by atoms with van der Waals surface area (Å²) in [6.07, 6.45) is 2.45. The van der Waals surface area contributed by atoms with Gasteiger partial charge in [-0.25, -0.2) is 9.78 Å². The van der Waals surface area contributed by atoms with E-state index >= 15 is 0 Å². The molecule has 2 rings (SSSR count). The van der Waals surface area contributed by atoms with E-state index in [0.29, 0.717) is 17.0 Å². The number of rotatable bonds is 5. The molecule has 0 saturated heterocycles. The van der Waals surface area contributed by atoms with Crippen molar-refractivity contribution in [3.05, 3.63) is 32.6 Å². The highest BCUT2D eigenvalue weighted by Gasteiger charge is 2.20.